The molecule has 0 saturated heterocycles. The molecule has 1 N–H and O–H groups in total. The largest absolute Gasteiger partial charge is 0.493 e. The van der Waals surface area contributed by atoms with Crippen molar-refractivity contribution in [1.29, 1.82) is 0 Å². The summed E-state index contributed by atoms with van der Waals surface area (Å²) in [6.45, 7) is 2.19. The first kappa shape index (κ1) is 15.4. The van der Waals surface area contributed by atoms with E-state index in [4.69, 9.17) is 9.47 Å². The van der Waals surface area contributed by atoms with E-state index in [-0.39, 0.29) is 12.5 Å². The van der Waals surface area contributed by atoms with E-state index in [9.17, 15) is 5.11 Å². The lowest BCUT2D eigenvalue weighted by molar-refractivity contribution is 0.264. The van der Waals surface area contributed by atoms with E-state index in [0.717, 1.165) is 29.0 Å². The first-order valence-electron chi connectivity index (χ1n) is 7.06. The van der Waals surface area contributed by atoms with Crippen LogP contribution in [-0.4, -0.2) is 25.9 Å². The maximum atomic E-state index is 9.70. The van der Waals surface area contributed by atoms with Crippen molar-refractivity contribution >= 4 is 0 Å². The van der Waals surface area contributed by atoms with Crippen LogP contribution < -0.4 is 9.47 Å². The molecule has 2 aromatic carbocycles. The molecule has 2 aromatic rings. The monoisotopic (exact) mass is 286 g/mol. The highest BCUT2D eigenvalue weighted by Crippen LogP contribution is 2.30. The van der Waals surface area contributed by atoms with Gasteiger partial charge in [0.15, 0.2) is 11.5 Å². The van der Waals surface area contributed by atoms with Gasteiger partial charge in [-0.2, -0.15) is 0 Å². The molecule has 21 heavy (non-hydrogen) atoms. The van der Waals surface area contributed by atoms with E-state index in [1.165, 1.54) is 5.56 Å². The number of aliphatic hydroxyl groups is 1. The lowest BCUT2D eigenvalue weighted by atomic mass is 9.91. The fraction of sp³-hybridized carbons (Fsp3) is 0.333. The number of aliphatic hydroxyl groups excluding tert-OH is 1. The van der Waals surface area contributed by atoms with Gasteiger partial charge in [-0.1, -0.05) is 35.9 Å². The van der Waals surface area contributed by atoms with Crippen LogP contribution in [-0.2, 0) is 6.42 Å². The molecule has 0 aliphatic rings. The third-order valence-electron chi connectivity index (χ3n) is 3.66. The molecule has 0 aliphatic heterocycles. The van der Waals surface area contributed by atoms with Crippen molar-refractivity contribution in [3.63, 3.8) is 0 Å². The van der Waals surface area contributed by atoms with Crippen LogP contribution in [0.15, 0.2) is 42.5 Å². The van der Waals surface area contributed by atoms with Crippen LogP contribution in [0.4, 0.5) is 0 Å². The Morgan fingerprint density at radius 3 is 2.38 bits per heavy atom. The maximum absolute atomic E-state index is 9.70. The third kappa shape index (κ3) is 3.76. The summed E-state index contributed by atoms with van der Waals surface area (Å²) >= 11 is 0. The van der Waals surface area contributed by atoms with Crippen LogP contribution in [0.5, 0.6) is 11.5 Å². The number of hydrogen-bond acceptors (Lipinski definition) is 3. The number of aryl methyl sites for hydroxylation is 1. The maximum Gasteiger partial charge on any atom is 0.160 e. The molecule has 2 rings (SSSR count). The van der Waals surface area contributed by atoms with Crippen molar-refractivity contribution in [2.24, 2.45) is 0 Å². The van der Waals surface area contributed by atoms with Gasteiger partial charge in [0, 0.05) is 5.92 Å². The van der Waals surface area contributed by atoms with Crippen molar-refractivity contribution in [3.05, 3.63) is 59.2 Å². The van der Waals surface area contributed by atoms with E-state index in [1.54, 1.807) is 14.2 Å². The smallest absolute Gasteiger partial charge is 0.160 e. The van der Waals surface area contributed by atoms with Crippen molar-refractivity contribution in [3.8, 4) is 11.5 Å². The highest BCUT2D eigenvalue weighted by Gasteiger charge is 2.13. The number of ether oxygens (including phenoxy) is 2. The van der Waals surface area contributed by atoms with Gasteiger partial charge in [-0.3, -0.25) is 0 Å². The quantitative estimate of drug-likeness (QED) is 0.885. The third-order valence-corrected chi connectivity index (χ3v) is 3.66. The van der Waals surface area contributed by atoms with Crippen LogP contribution in [0.2, 0.25) is 0 Å². The predicted molar refractivity (Wildman–Crippen MR) is 84.3 cm³/mol. The summed E-state index contributed by atoms with van der Waals surface area (Å²) in [4.78, 5) is 0. The molecule has 0 saturated carbocycles. The van der Waals surface area contributed by atoms with Gasteiger partial charge >= 0.3 is 0 Å². The summed E-state index contributed by atoms with van der Waals surface area (Å²) in [5, 5.41) is 9.70. The van der Waals surface area contributed by atoms with Gasteiger partial charge in [0.1, 0.15) is 0 Å². The molecule has 0 amide bonds. The summed E-state index contributed by atoms with van der Waals surface area (Å²) in [5.41, 5.74) is 3.48. The zero-order chi connectivity index (χ0) is 15.2. The Hall–Kier alpha value is -2.00. The Morgan fingerprint density at radius 1 is 1.00 bits per heavy atom. The summed E-state index contributed by atoms with van der Waals surface area (Å²) in [5.74, 6) is 1.52. The Bertz CT molecular complexity index is 593. The molecule has 0 aliphatic carbocycles. The van der Waals surface area contributed by atoms with Crippen LogP contribution in [0, 0.1) is 6.92 Å². The van der Waals surface area contributed by atoms with E-state index in [0.29, 0.717) is 0 Å². The van der Waals surface area contributed by atoms with Gasteiger partial charge in [-0.25, -0.2) is 0 Å². The molecule has 0 radical (unpaired) electrons. The SMILES string of the molecule is COc1ccc(CC(CO)c2cccc(C)c2)cc1OC. The average Bonchev–Trinajstić information content (AvgIpc) is 2.52. The Morgan fingerprint density at radius 2 is 1.76 bits per heavy atom. The second kappa shape index (κ2) is 7.14. The molecule has 0 aromatic heterocycles. The molecule has 0 spiro atoms. The molecule has 112 valence electrons. The van der Waals surface area contributed by atoms with Gasteiger partial charge < -0.3 is 14.6 Å². The molecule has 3 nitrogen and oxygen atoms in total. The van der Waals surface area contributed by atoms with Crippen LogP contribution in [0.1, 0.15) is 22.6 Å². The second-order valence-corrected chi connectivity index (χ2v) is 5.19. The van der Waals surface area contributed by atoms with E-state index < -0.39 is 0 Å². The average molecular weight is 286 g/mol. The van der Waals surface area contributed by atoms with Gasteiger partial charge in [-0.05, 0) is 36.6 Å². The van der Waals surface area contributed by atoms with Gasteiger partial charge in [0.25, 0.3) is 0 Å². The highest BCUT2D eigenvalue weighted by atomic mass is 16.5. The Labute approximate surface area is 126 Å². The van der Waals surface area contributed by atoms with Crippen molar-refractivity contribution in [2.45, 2.75) is 19.3 Å². The fourth-order valence-corrected chi connectivity index (χ4v) is 2.50. The molecule has 1 unspecified atom stereocenters. The van der Waals surface area contributed by atoms with Crippen LogP contribution in [0.25, 0.3) is 0 Å². The van der Waals surface area contributed by atoms with Crippen LogP contribution >= 0.6 is 0 Å². The van der Waals surface area contributed by atoms with E-state index in [1.807, 2.05) is 24.3 Å². The molecule has 1 atom stereocenters. The summed E-state index contributed by atoms with van der Waals surface area (Å²) in [6.07, 6.45) is 0.764. The molecule has 0 bridgehead atoms. The second-order valence-electron chi connectivity index (χ2n) is 5.19. The van der Waals surface area contributed by atoms with Crippen molar-refractivity contribution in [2.75, 3.05) is 20.8 Å². The van der Waals surface area contributed by atoms with Crippen molar-refractivity contribution in [1.82, 2.24) is 0 Å². The zero-order valence-electron chi connectivity index (χ0n) is 12.8. The van der Waals surface area contributed by atoms with Gasteiger partial charge in [-0.15, -0.1) is 0 Å². The number of hydrogen-bond donors (Lipinski definition) is 1. The van der Waals surface area contributed by atoms with E-state index in [2.05, 4.69) is 25.1 Å². The minimum Gasteiger partial charge on any atom is -0.493 e. The molecular formula is C18H22O3. The topological polar surface area (TPSA) is 38.7 Å². The number of benzene rings is 2. The predicted octanol–water partition coefficient (Wildman–Crippen LogP) is 3.33. The summed E-state index contributed by atoms with van der Waals surface area (Å²) in [6, 6.07) is 14.2. The highest BCUT2D eigenvalue weighted by molar-refractivity contribution is 5.43. The number of rotatable bonds is 6. The van der Waals surface area contributed by atoms with E-state index >= 15 is 0 Å². The molecular weight excluding hydrogens is 264 g/mol. The normalized spacial score (nSPS) is 12.0. The molecule has 0 fully saturated rings. The lowest BCUT2D eigenvalue weighted by Gasteiger charge is -2.16. The first-order valence-corrected chi connectivity index (χ1v) is 7.06. The summed E-state index contributed by atoms with van der Waals surface area (Å²) < 4.78 is 10.6. The minimum atomic E-state index is 0.0861. The standard InChI is InChI=1S/C18H22O3/c1-13-5-4-6-15(9-13)16(12-19)10-14-7-8-17(20-2)18(11-14)21-3/h4-9,11,16,19H,10,12H2,1-3H3. The Balaban J connectivity index is 2.22. The molecule has 3 heteroatoms. The zero-order valence-corrected chi connectivity index (χ0v) is 12.8. The summed E-state index contributed by atoms with van der Waals surface area (Å²) in [7, 11) is 3.26. The first-order chi connectivity index (χ1) is 10.2. The number of methoxy groups -OCH3 is 2. The fourth-order valence-electron chi connectivity index (χ4n) is 2.50. The van der Waals surface area contributed by atoms with Crippen LogP contribution in [0.3, 0.4) is 0 Å². The lowest BCUT2D eigenvalue weighted by Crippen LogP contribution is -2.08. The Kier molecular flexibility index (Phi) is 5.23. The minimum absolute atomic E-state index is 0.0861. The van der Waals surface area contributed by atoms with Crippen molar-refractivity contribution < 1.29 is 14.6 Å². The van der Waals surface area contributed by atoms with Gasteiger partial charge in [0.2, 0.25) is 0 Å². The van der Waals surface area contributed by atoms with Gasteiger partial charge in [0.05, 0.1) is 20.8 Å². The molecule has 0 heterocycles.